The number of aromatic amines is 1. The predicted molar refractivity (Wildman–Crippen MR) is 75.0 cm³/mol. The molecule has 0 amide bonds. The first-order valence-electron chi connectivity index (χ1n) is 5.58. The third-order valence-electron chi connectivity index (χ3n) is 2.74. The summed E-state index contributed by atoms with van der Waals surface area (Å²) in [6.07, 6.45) is 1.25. The molecule has 1 heterocycles. The zero-order valence-electron chi connectivity index (χ0n) is 10.7. The summed E-state index contributed by atoms with van der Waals surface area (Å²) in [5.41, 5.74) is 1.30. The molecule has 0 aliphatic rings. The maximum Gasteiger partial charge on any atom is 0.263 e. The highest BCUT2D eigenvalue weighted by Gasteiger charge is 2.20. The second-order valence-electron chi connectivity index (χ2n) is 4.24. The molecule has 1 aromatic carbocycles. The van der Waals surface area contributed by atoms with Gasteiger partial charge < -0.3 is 0 Å². The molecule has 0 spiro atoms. The van der Waals surface area contributed by atoms with Crippen LogP contribution >= 0.6 is 11.6 Å². The molecule has 0 aliphatic heterocycles. The van der Waals surface area contributed by atoms with E-state index in [0.717, 1.165) is 0 Å². The van der Waals surface area contributed by atoms with Crippen molar-refractivity contribution in [2.45, 2.75) is 18.7 Å². The highest BCUT2D eigenvalue weighted by molar-refractivity contribution is 7.92. The summed E-state index contributed by atoms with van der Waals surface area (Å²) in [5.74, 6) is 0.0412. The fourth-order valence-electron chi connectivity index (χ4n) is 1.68. The molecule has 0 saturated heterocycles. The number of benzene rings is 1. The number of hydrogen-bond acceptors (Lipinski definition) is 4. The number of nitrogens with one attached hydrogen (secondary N) is 2. The van der Waals surface area contributed by atoms with E-state index in [1.165, 1.54) is 12.3 Å². The van der Waals surface area contributed by atoms with Crippen molar-refractivity contribution in [1.82, 2.24) is 10.2 Å². The molecule has 0 saturated carbocycles. The van der Waals surface area contributed by atoms with Gasteiger partial charge in [0.1, 0.15) is 11.6 Å². The first-order valence-corrected chi connectivity index (χ1v) is 7.44. The van der Waals surface area contributed by atoms with Gasteiger partial charge in [0.2, 0.25) is 0 Å². The molecule has 0 atom stereocenters. The van der Waals surface area contributed by atoms with Gasteiger partial charge in [0.05, 0.1) is 11.1 Å². The topological polar surface area (TPSA) is 98.6 Å². The van der Waals surface area contributed by atoms with Gasteiger partial charge >= 0.3 is 0 Å². The van der Waals surface area contributed by atoms with Gasteiger partial charge in [-0.2, -0.15) is 10.4 Å². The highest BCUT2D eigenvalue weighted by Crippen LogP contribution is 2.25. The third kappa shape index (κ3) is 2.61. The second kappa shape index (κ2) is 5.15. The Bertz CT molecular complexity index is 805. The lowest BCUT2D eigenvalue weighted by atomic mass is 10.2. The van der Waals surface area contributed by atoms with Crippen LogP contribution in [0, 0.1) is 25.2 Å². The van der Waals surface area contributed by atoms with Gasteiger partial charge in [0.15, 0.2) is 5.82 Å². The summed E-state index contributed by atoms with van der Waals surface area (Å²) in [4.78, 5) is 0.109. The predicted octanol–water partition coefficient (Wildman–Crippen LogP) is 2.35. The van der Waals surface area contributed by atoms with Crippen molar-refractivity contribution >= 4 is 27.4 Å². The molecule has 2 N–H and O–H groups in total. The lowest BCUT2D eigenvalue weighted by Gasteiger charge is -2.11. The van der Waals surface area contributed by atoms with Crippen LogP contribution in [-0.2, 0) is 10.0 Å². The number of halogens is 1. The van der Waals surface area contributed by atoms with E-state index in [2.05, 4.69) is 14.9 Å². The Labute approximate surface area is 121 Å². The van der Waals surface area contributed by atoms with Crippen LogP contribution in [0.5, 0.6) is 0 Å². The largest absolute Gasteiger partial charge is 0.263 e. The first-order chi connectivity index (χ1) is 9.35. The van der Waals surface area contributed by atoms with Crippen molar-refractivity contribution < 1.29 is 8.42 Å². The number of hydrogen-bond donors (Lipinski definition) is 2. The minimum atomic E-state index is -3.82. The summed E-state index contributed by atoms with van der Waals surface area (Å²) in [6, 6.07) is 4.92. The van der Waals surface area contributed by atoms with Gasteiger partial charge in [0.25, 0.3) is 10.0 Å². The standard InChI is InChI=1S/C12H11ClN4O2S/c1-7-4-11(8(2)3-10(7)13)20(18,19)17-12-9(5-14)6-15-16-12/h3-4,6H,1-2H3,(H2,15,16,17). The van der Waals surface area contributed by atoms with Gasteiger partial charge in [-0.25, -0.2) is 8.42 Å². The molecule has 2 rings (SSSR count). The van der Waals surface area contributed by atoms with Crippen LogP contribution in [-0.4, -0.2) is 18.6 Å². The maximum absolute atomic E-state index is 12.3. The van der Waals surface area contributed by atoms with E-state index in [9.17, 15) is 8.42 Å². The minimum Gasteiger partial charge on any atom is -0.263 e. The van der Waals surface area contributed by atoms with Crippen molar-refractivity contribution in [2.75, 3.05) is 4.72 Å². The normalized spacial score (nSPS) is 11.1. The molecule has 0 bridgehead atoms. The lowest BCUT2D eigenvalue weighted by molar-refractivity contribution is 0.600. The van der Waals surface area contributed by atoms with E-state index in [1.54, 1.807) is 19.9 Å². The average Bonchev–Trinajstić information content (AvgIpc) is 2.80. The molecular formula is C12H11ClN4O2S. The number of rotatable bonds is 3. The number of aromatic nitrogens is 2. The van der Waals surface area contributed by atoms with Crippen molar-refractivity contribution in [2.24, 2.45) is 0 Å². The third-order valence-corrected chi connectivity index (χ3v) is 4.64. The zero-order chi connectivity index (χ0) is 14.9. The van der Waals surface area contributed by atoms with Crippen LogP contribution in [0.15, 0.2) is 23.2 Å². The van der Waals surface area contributed by atoms with E-state index in [-0.39, 0.29) is 16.3 Å². The van der Waals surface area contributed by atoms with Gasteiger partial charge in [0, 0.05) is 5.02 Å². The SMILES string of the molecule is Cc1cc(S(=O)(=O)Nc2[nH]ncc2C#N)c(C)cc1Cl. The fourth-order valence-corrected chi connectivity index (χ4v) is 3.25. The molecule has 0 aliphatic carbocycles. The van der Waals surface area contributed by atoms with E-state index in [4.69, 9.17) is 16.9 Å². The molecule has 6 nitrogen and oxygen atoms in total. The van der Waals surface area contributed by atoms with Crippen LogP contribution in [0.2, 0.25) is 5.02 Å². The van der Waals surface area contributed by atoms with Crippen molar-refractivity contribution in [1.29, 1.82) is 5.26 Å². The smallest absolute Gasteiger partial charge is 0.263 e. The zero-order valence-corrected chi connectivity index (χ0v) is 12.3. The van der Waals surface area contributed by atoms with Crippen molar-refractivity contribution in [3.05, 3.63) is 40.0 Å². The number of sulfonamides is 1. The number of nitrogens with zero attached hydrogens (tertiary/aromatic N) is 2. The quantitative estimate of drug-likeness (QED) is 0.909. The van der Waals surface area contributed by atoms with Gasteiger partial charge in [-0.3, -0.25) is 9.82 Å². The van der Waals surface area contributed by atoms with Crippen LogP contribution in [0.1, 0.15) is 16.7 Å². The molecule has 8 heteroatoms. The molecule has 0 unspecified atom stereocenters. The van der Waals surface area contributed by atoms with E-state index < -0.39 is 10.0 Å². The monoisotopic (exact) mass is 310 g/mol. The Morgan fingerprint density at radius 3 is 2.70 bits per heavy atom. The van der Waals surface area contributed by atoms with E-state index in [0.29, 0.717) is 16.1 Å². The second-order valence-corrected chi connectivity index (χ2v) is 6.30. The molecule has 2 aromatic rings. The maximum atomic E-state index is 12.3. The molecule has 1 aromatic heterocycles. The molecule has 104 valence electrons. The highest BCUT2D eigenvalue weighted by atomic mass is 35.5. The van der Waals surface area contributed by atoms with E-state index in [1.807, 2.05) is 6.07 Å². The number of nitriles is 1. The van der Waals surface area contributed by atoms with Crippen LogP contribution in [0.3, 0.4) is 0 Å². The number of aryl methyl sites for hydroxylation is 2. The summed E-state index contributed by atoms with van der Waals surface area (Å²) in [6.45, 7) is 3.37. The number of H-pyrrole nitrogens is 1. The van der Waals surface area contributed by atoms with Crippen LogP contribution in [0.25, 0.3) is 0 Å². The summed E-state index contributed by atoms with van der Waals surface area (Å²) >= 11 is 5.95. The summed E-state index contributed by atoms with van der Waals surface area (Å²) < 4.78 is 27.0. The first kappa shape index (κ1) is 14.4. The molecule has 0 radical (unpaired) electrons. The lowest BCUT2D eigenvalue weighted by Crippen LogP contribution is -2.15. The van der Waals surface area contributed by atoms with Crippen molar-refractivity contribution in [3.8, 4) is 6.07 Å². The minimum absolute atomic E-state index is 0.0412. The Morgan fingerprint density at radius 2 is 2.05 bits per heavy atom. The average molecular weight is 311 g/mol. The van der Waals surface area contributed by atoms with Crippen LogP contribution < -0.4 is 4.72 Å². The Balaban J connectivity index is 2.47. The van der Waals surface area contributed by atoms with Crippen LogP contribution in [0.4, 0.5) is 5.82 Å². The fraction of sp³-hybridized carbons (Fsp3) is 0.167. The summed E-state index contributed by atoms with van der Waals surface area (Å²) in [7, 11) is -3.82. The van der Waals surface area contributed by atoms with Crippen molar-refractivity contribution in [3.63, 3.8) is 0 Å². The Kier molecular flexibility index (Phi) is 3.70. The number of anilines is 1. The Morgan fingerprint density at radius 1 is 1.35 bits per heavy atom. The van der Waals surface area contributed by atoms with Gasteiger partial charge in [-0.1, -0.05) is 11.6 Å². The molecular weight excluding hydrogens is 300 g/mol. The van der Waals surface area contributed by atoms with E-state index >= 15 is 0 Å². The van der Waals surface area contributed by atoms with Gasteiger partial charge in [-0.05, 0) is 37.1 Å². The summed E-state index contributed by atoms with van der Waals surface area (Å²) in [5, 5.41) is 15.4. The molecule has 0 fully saturated rings. The van der Waals surface area contributed by atoms with Gasteiger partial charge in [-0.15, -0.1) is 0 Å². The Hall–Kier alpha value is -2.04. The molecule has 20 heavy (non-hydrogen) atoms.